The summed E-state index contributed by atoms with van der Waals surface area (Å²) in [7, 11) is 0. The summed E-state index contributed by atoms with van der Waals surface area (Å²) in [6.07, 6.45) is 1.80. The number of aromatic hydroxyl groups is 1. The van der Waals surface area contributed by atoms with Crippen LogP contribution in [0.4, 0.5) is 5.82 Å². The van der Waals surface area contributed by atoms with Crippen molar-refractivity contribution in [2.24, 2.45) is 0 Å². The highest BCUT2D eigenvalue weighted by atomic mass is 35.5. The fourth-order valence-corrected chi connectivity index (χ4v) is 1.53. The Kier molecular flexibility index (Phi) is 5.48. The number of hydrogen-bond acceptors (Lipinski definition) is 4. The quantitative estimate of drug-likeness (QED) is 0.771. The van der Waals surface area contributed by atoms with Crippen LogP contribution < -0.4 is 5.32 Å². The molecule has 0 aliphatic rings. The first-order valence-corrected chi connectivity index (χ1v) is 5.44. The molecule has 0 radical (unpaired) electrons. The molecule has 0 bridgehead atoms. The van der Waals surface area contributed by atoms with Crippen molar-refractivity contribution in [3.8, 4) is 5.75 Å². The summed E-state index contributed by atoms with van der Waals surface area (Å²) < 4.78 is 1.66. The maximum atomic E-state index is 9.58. The van der Waals surface area contributed by atoms with Gasteiger partial charge in [-0.15, -0.1) is 12.4 Å². The number of rotatable bonds is 5. The lowest BCUT2D eigenvalue weighted by Crippen LogP contribution is -2.04. The average molecular weight is 270 g/mol. The number of nitrogens with one attached hydrogen (secondary N) is 1. The number of aliphatic hydroxyl groups excluding tert-OH is 1. The van der Waals surface area contributed by atoms with Gasteiger partial charge in [0.15, 0.2) is 0 Å². The highest BCUT2D eigenvalue weighted by molar-refractivity contribution is 5.85. The molecule has 0 aliphatic carbocycles. The number of phenols is 1. The Morgan fingerprint density at radius 2 is 2.00 bits per heavy atom. The lowest BCUT2D eigenvalue weighted by Gasteiger charge is -2.05. The van der Waals surface area contributed by atoms with Crippen molar-refractivity contribution in [2.45, 2.75) is 13.1 Å². The van der Waals surface area contributed by atoms with Crippen molar-refractivity contribution in [3.63, 3.8) is 0 Å². The minimum atomic E-state index is 0. The molecule has 0 saturated heterocycles. The molecule has 98 valence electrons. The molecule has 0 saturated carbocycles. The van der Waals surface area contributed by atoms with Crippen molar-refractivity contribution < 1.29 is 10.2 Å². The van der Waals surface area contributed by atoms with Crippen LogP contribution in [-0.2, 0) is 13.1 Å². The summed E-state index contributed by atoms with van der Waals surface area (Å²) in [5.41, 5.74) is 0.823. The molecular formula is C12H16ClN3O2. The number of nitrogens with zero attached hydrogens (tertiary/aromatic N) is 2. The topological polar surface area (TPSA) is 70.3 Å². The van der Waals surface area contributed by atoms with E-state index in [2.05, 4.69) is 10.4 Å². The van der Waals surface area contributed by atoms with Gasteiger partial charge in [-0.25, -0.2) is 0 Å². The highest BCUT2D eigenvalue weighted by Crippen LogP contribution is 2.16. The van der Waals surface area contributed by atoms with E-state index in [0.29, 0.717) is 13.1 Å². The minimum Gasteiger partial charge on any atom is -0.508 e. The number of halogens is 1. The summed E-state index contributed by atoms with van der Waals surface area (Å²) in [6, 6.07) is 9.00. The molecule has 6 heteroatoms. The van der Waals surface area contributed by atoms with Crippen molar-refractivity contribution in [1.82, 2.24) is 9.78 Å². The normalized spacial score (nSPS) is 9.83. The molecule has 1 heterocycles. The van der Waals surface area contributed by atoms with Gasteiger partial charge in [-0.3, -0.25) is 4.68 Å². The van der Waals surface area contributed by atoms with E-state index in [4.69, 9.17) is 5.11 Å². The van der Waals surface area contributed by atoms with Crippen LogP contribution in [0.15, 0.2) is 36.5 Å². The Balaban J connectivity index is 0.00000162. The van der Waals surface area contributed by atoms with Gasteiger partial charge in [0.25, 0.3) is 0 Å². The third-order valence-electron chi connectivity index (χ3n) is 2.42. The number of para-hydroxylation sites is 1. The Morgan fingerprint density at radius 1 is 1.22 bits per heavy atom. The summed E-state index contributed by atoms with van der Waals surface area (Å²) >= 11 is 0. The van der Waals surface area contributed by atoms with Crippen LogP contribution in [0, 0.1) is 0 Å². The predicted octanol–water partition coefficient (Wildman–Crippen LogP) is 1.61. The maximum Gasteiger partial charge on any atom is 0.148 e. The SMILES string of the molecule is Cl.OCCn1ccc(NCc2ccccc2O)n1. The molecule has 0 fully saturated rings. The van der Waals surface area contributed by atoms with Gasteiger partial charge in [-0.2, -0.15) is 5.10 Å². The third kappa shape index (κ3) is 3.65. The largest absolute Gasteiger partial charge is 0.508 e. The standard InChI is InChI=1S/C12H15N3O2.ClH/c16-8-7-15-6-5-12(14-15)13-9-10-3-1-2-4-11(10)17;/h1-6,16-17H,7-9H2,(H,13,14);1H. The molecular weight excluding hydrogens is 254 g/mol. The van der Waals surface area contributed by atoms with Gasteiger partial charge in [0.05, 0.1) is 13.2 Å². The average Bonchev–Trinajstić information content (AvgIpc) is 2.76. The van der Waals surface area contributed by atoms with Gasteiger partial charge in [-0.1, -0.05) is 18.2 Å². The number of phenolic OH excluding ortho intramolecular Hbond substituents is 1. The van der Waals surface area contributed by atoms with Crippen LogP contribution in [0.5, 0.6) is 5.75 Å². The lowest BCUT2D eigenvalue weighted by atomic mass is 10.2. The van der Waals surface area contributed by atoms with Gasteiger partial charge in [0.2, 0.25) is 0 Å². The number of hydrogen-bond donors (Lipinski definition) is 3. The molecule has 0 aliphatic heterocycles. The Hall–Kier alpha value is -1.72. The summed E-state index contributed by atoms with van der Waals surface area (Å²) in [5, 5.41) is 25.7. The zero-order chi connectivity index (χ0) is 12.1. The zero-order valence-corrected chi connectivity index (χ0v) is 10.6. The number of anilines is 1. The molecule has 2 rings (SSSR count). The molecule has 2 aromatic rings. The summed E-state index contributed by atoms with van der Waals surface area (Å²) in [6.45, 7) is 1.07. The second kappa shape index (κ2) is 6.88. The van der Waals surface area contributed by atoms with E-state index in [-0.39, 0.29) is 24.8 Å². The van der Waals surface area contributed by atoms with Crippen molar-refractivity contribution in [3.05, 3.63) is 42.1 Å². The molecule has 0 unspecified atom stereocenters. The second-order valence-corrected chi connectivity index (χ2v) is 3.67. The van der Waals surface area contributed by atoms with Crippen LogP contribution in [0.25, 0.3) is 0 Å². The van der Waals surface area contributed by atoms with Gasteiger partial charge >= 0.3 is 0 Å². The van der Waals surface area contributed by atoms with Gasteiger partial charge in [0, 0.05) is 24.4 Å². The van der Waals surface area contributed by atoms with Crippen LogP contribution in [0.1, 0.15) is 5.56 Å². The molecule has 3 N–H and O–H groups in total. The van der Waals surface area contributed by atoms with E-state index >= 15 is 0 Å². The van der Waals surface area contributed by atoms with Crippen LogP contribution in [0.2, 0.25) is 0 Å². The first-order chi connectivity index (χ1) is 8.29. The van der Waals surface area contributed by atoms with Crippen molar-refractivity contribution in [2.75, 3.05) is 11.9 Å². The zero-order valence-electron chi connectivity index (χ0n) is 9.78. The third-order valence-corrected chi connectivity index (χ3v) is 2.42. The first-order valence-electron chi connectivity index (χ1n) is 5.44. The predicted molar refractivity (Wildman–Crippen MR) is 72.0 cm³/mol. The fourth-order valence-electron chi connectivity index (χ4n) is 1.53. The molecule has 1 aromatic carbocycles. The monoisotopic (exact) mass is 269 g/mol. The molecule has 5 nitrogen and oxygen atoms in total. The number of aromatic nitrogens is 2. The highest BCUT2D eigenvalue weighted by Gasteiger charge is 2.01. The Labute approximate surface area is 111 Å². The summed E-state index contributed by atoms with van der Waals surface area (Å²) in [5.74, 6) is 0.997. The van der Waals surface area contributed by atoms with Gasteiger partial charge in [-0.05, 0) is 6.07 Å². The number of aliphatic hydroxyl groups is 1. The maximum absolute atomic E-state index is 9.58. The minimum absolute atomic E-state index is 0. The molecule has 0 atom stereocenters. The Bertz CT molecular complexity index is 488. The lowest BCUT2D eigenvalue weighted by molar-refractivity contribution is 0.269. The van der Waals surface area contributed by atoms with E-state index in [1.165, 1.54) is 0 Å². The molecule has 0 amide bonds. The van der Waals surface area contributed by atoms with E-state index in [0.717, 1.165) is 11.4 Å². The van der Waals surface area contributed by atoms with Crippen LogP contribution in [-0.4, -0.2) is 26.6 Å². The summed E-state index contributed by atoms with van der Waals surface area (Å²) in [4.78, 5) is 0. The molecule has 0 spiro atoms. The Morgan fingerprint density at radius 3 is 2.72 bits per heavy atom. The van der Waals surface area contributed by atoms with Crippen LogP contribution in [0.3, 0.4) is 0 Å². The van der Waals surface area contributed by atoms with Crippen molar-refractivity contribution >= 4 is 18.2 Å². The van der Waals surface area contributed by atoms with Gasteiger partial charge in [0.1, 0.15) is 11.6 Å². The van der Waals surface area contributed by atoms with E-state index in [1.54, 1.807) is 23.0 Å². The molecule has 18 heavy (non-hydrogen) atoms. The smallest absolute Gasteiger partial charge is 0.148 e. The van der Waals surface area contributed by atoms with Crippen LogP contribution >= 0.6 is 12.4 Å². The first kappa shape index (κ1) is 14.3. The number of benzene rings is 1. The van der Waals surface area contributed by atoms with Gasteiger partial charge < -0.3 is 15.5 Å². The molecule has 1 aromatic heterocycles. The van der Waals surface area contributed by atoms with E-state index in [9.17, 15) is 5.11 Å². The van der Waals surface area contributed by atoms with Crippen molar-refractivity contribution in [1.29, 1.82) is 0 Å². The fraction of sp³-hybridized carbons (Fsp3) is 0.250. The van der Waals surface area contributed by atoms with E-state index in [1.807, 2.05) is 18.2 Å². The second-order valence-electron chi connectivity index (χ2n) is 3.67. The van der Waals surface area contributed by atoms with E-state index < -0.39 is 0 Å².